The van der Waals surface area contributed by atoms with Crippen LogP contribution in [0.2, 0.25) is 5.02 Å². The zero-order chi connectivity index (χ0) is 21.8. The van der Waals surface area contributed by atoms with Crippen molar-refractivity contribution in [1.29, 1.82) is 0 Å². The van der Waals surface area contributed by atoms with Crippen LogP contribution in [0.3, 0.4) is 0 Å². The highest BCUT2D eigenvalue weighted by Crippen LogP contribution is 2.20. The topological polar surface area (TPSA) is 107 Å². The van der Waals surface area contributed by atoms with E-state index in [1.807, 2.05) is 0 Å². The third-order valence-electron chi connectivity index (χ3n) is 4.05. The third kappa shape index (κ3) is 4.64. The van der Waals surface area contributed by atoms with Gasteiger partial charge in [-0.15, -0.1) is 0 Å². The lowest BCUT2D eigenvalue weighted by Gasteiger charge is -2.11. The lowest BCUT2D eigenvalue weighted by Crippen LogP contribution is -2.25. The van der Waals surface area contributed by atoms with Crippen LogP contribution in [0, 0.1) is 5.82 Å². The van der Waals surface area contributed by atoms with Crippen LogP contribution in [0.15, 0.2) is 48.8 Å². The number of aromatic amines is 1. The van der Waals surface area contributed by atoms with E-state index in [0.29, 0.717) is 11.4 Å². The van der Waals surface area contributed by atoms with E-state index in [0.717, 1.165) is 12.1 Å². The molecule has 0 spiro atoms. The van der Waals surface area contributed by atoms with Gasteiger partial charge in [0, 0.05) is 25.5 Å². The average Bonchev–Trinajstić information content (AvgIpc) is 3.18. The van der Waals surface area contributed by atoms with E-state index < -0.39 is 17.6 Å². The van der Waals surface area contributed by atoms with Gasteiger partial charge in [-0.3, -0.25) is 14.4 Å². The zero-order valence-corrected chi connectivity index (χ0v) is 16.7. The Balaban J connectivity index is 1.68. The smallest absolute Gasteiger partial charge is 0.276 e. The molecule has 1 heterocycles. The molecule has 8 nitrogen and oxygen atoms in total. The summed E-state index contributed by atoms with van der Waals surface area (Å²) in [6.45, 7) is 0. The van der Waals surface area contributed by atoms with Crippen LogP contribution in [0.4, 0.5) is 15.8 Å². The van der Waals surface area contributed by atoms with Gasteiger partial charge in [0.05, 0.1) is 16.9 Å². The van der Waals surface area contributed by atoms with Gasteiger partial charge in [0.25, 0.3) is 17.7 Å². The van der Waals surface area contributed by atoms with Crippen LogP contribution >= 0.6 is 11.6 Å². The van der Waals surface area contributed by atoms with Crippen molar-refractivity contribution in [3.63, 3.8) is 0 Å². The molecule has 30 heavy (non-hydrogen) atoms. The maximum absolute atomic E-state index is 13.1. The monoisotopic (exact) mass is 429 g/mol. The van der Waals surface area contributed by atoms with Crippen molar-refractivity contribution in [3.8, 4) is 0 Å². The van der Waals surface area contributed by atoms with Crippen molar-refractivity contribution in [3.05, 3.63) is 76.6 Å². The predicted molar refractivity (Wildman–Crippen MR) is 110 cm³/mol. The zero-order valence-electron chi connectivity index (χ0n) is 16.0. The fraction of sp³-hybridized carbons (Fsp3) is 0.100. The minimum atomic E-state index is -0.559. The first kappa shape index (κ1) is 21.0. The number of nitrogens with zero attached hydrogens (tertiary/aromatic N) is 2. The highest BCUT2D eigenvalue weighted by Gasteiger charge is 2.21. The molecule has 10 heteroatoms. The Kier molecular flexibility index (Phi) is 6.12. The van der Waals surface area contributed by atoms with E-state index >= 15 is 0 Å². The summed E-state index contributed by atoms with van der Waals surface area (Å²) in [5.74, 6) is -1.98. The van der Waals surface area contributed by atoms with Crippen LogP contribution in [0.5, 0.6) is 0 Å². The quantitative estimate of drug-likeness (QED) is 0.577. The Hall–Kier alpha value is -3.72. The normalized spacial score (nSPS) is 10.4. The first-order chi connectivity index (χ1) is 14.3. The van der Waals surface area contributed by atoms with Crippen LogP contribution in [-0.2, 0) is 0 Å². The van der Waals surface area contributed by atoms with Gasteiger partial charge in [-0.05, 0) is 42.5 Å². The van der Waals surface area contributed by atoms with Crippen molar-refractivity contribution in [1.82, 2.24) is 14.9 Å². The van der Waals surface area contributed by atoms with Gasteiger partial charge < -0.3 is 20.5 Å². The lowest BCUT2D eigenvalue weighted by atomic mass is 10.2. The highest BCUT2D eigenvalue weighted by molar-refractivity contribution is 6.34. The van der Waals surface area contributed by atoms with Crippen LogP contribution in [0.1, 0.15) is 31.3 Å². The van der Waals surface area contributed by atoms with Gasteiger partial charge >= 0.3 is 0 Å². The standard InChI is InChI=1S/C20H17ClFN5O3/c1-27(2)20(30)17-16(23-10-24-17)19(29)26-13-6-4-12(5-7-13)25-18(28)14-8-3-11(22)9-15(14)21/h3-10H,1-2H3,(H,23,24)(H,25,28)(H,26,29). The maximum atomic E-state index is 13.1. The number of rotatable bonds is 5. The Labute approximate surface area is 176 Å². The fourth-order valence-electron chi connectivity index (χ4n) is 2.55. The van der Waals surface area contributed by atoms with Crippen molar-refractivity contribution in [2.45, 2.75) is 0 Å². The first-order valence-electron chi connectivity index (χ1n) is 8.69. The lowest BCUT2D eigenvalue weighted by molar-refractivity contribution is 0.0816. The average molecular weight is 430 g/mol. The van der Waals surface area contributed by atoms with Gasteiger partial charge in [-0.1, -0.05) is 11.6 Å². The largest absolute Gasteiger partial charge is 0.343 e. The number of halogens is 2. The summed E-state index contributed by atoms with van der Waals surface area (Å²) in [6, 6.07) is 9.77. The SMILES string of the molecule is CN(C)C(=O)c1[nH]cnc1C(=O)Nc1ccc(NC(=O)c2ccc(F)cc2Cl)cc1. The predicted octanol–water partition coefficient (Wildman–Crippen LogP) is 3.41. The summed E-state index contributed by atoms with van der Waals surface area (Å²) in [5, 5.41) is 5.27. The Bertz CT molecular complexity index is 1110. The number of carbonyl (C=O) groups is 3. The summed E-state index contributed by atoms with van der Waals surface area (Å²) in [6.07, 6.45) is 1.27. The van der Waals surface area contributed by atoms with Gasteiger partial charge in [-0.2, -0.15) is 0 Å². The van der Waals surface area contributed by atoms with Crippen LogP contribution < -0.4 is 10.6 Å². The number of aromatic nitrogens is 2. The van der Waals surface area contributed by atoms with E-state index in [9.17, 15) is 18.8 Å². The third-order valence-corrected chi connectivity index (χ3v) is 4.36. The molecule has 2 aromatic carbocycles. The molecule has 0 bridgehead atoms. The minimum Gasteiger partial charge on any atom is -0.343 e. The van der Waals surface area contributed by atoms with Crippen LogP contribution in [0.25, 0.3) is 0 Å². The van der Waals surface area contributed by atoms with Crippen LogP contribution in [-0.4, -0.2) is 46.7 Å². The number of amides is 3. The molecule has 0 aliphatic heterocycles. The molecule has 1 aromatic heterocycles. The van der Waals surface area contributed by atoms with Gasteiger partial charge in [0.1, 0.15) is 11.5 Å². The molecule has 0 aliphatic carbocycles. The molecule has 0 saturated carbocycles. The first-order valence-corrected chi connectivity index (χ1v) is 9.07. The van der Waals surface area contributed by atoms with Gasteiger partial charge in [0.15, 0.2) is 5.69 Å². The maximum Gasteiger partial charge on any atom is 0.276 e. The van der Waals surface area contributed by atoms with Crippen molar-refractivity contribution in [2.75, 3.05) is 24.7 Å². The summed E-state index contributed by atoms with van der Waals surface area (Å²) in [7, 11) is 3.13. The molecule has 3 aromatic rings. The number of hydrogen-bond donors (Lipinski definition) is 3. The molecular weight excluding hydrogens is 413 g/mol. The van der Waals surface area contributed by atoms with E-state index in [1.165, 1.54) is 17.3 Å². The second kappa shape index (κ2) is 8.75. The Morgan fingerprint density at radius 1 is 1.00 bits per heavy atom. The molecule has 0 radical (unpaired) electrons. The number of H-pyrrole nitrogens is 1. The molecule has 3 rings (SSSR count). The van der Waals surface area contributed by atoms with E-state index in [1.54, 1.807) is 38.4 Å². The molecule has 3 N–H and O–H groups in total. The van der Waals surface area contributed by atoms with E-state index in [4.69, 9.17) is 11.6 Å². The summed E-state index contributed by atoms with van der Waals surface area (Å²) >= 11 is 5.89. The summed E-state index contributed by atoms with van der Waals surface area (Å²) in [5.41, 5.74) is 1.06. The van der Waals surface area contributed by atoms with E-state index in [-0.39, 0.29) is 27.9 Å². The summed E-state index contributed by atoms with van der Waals surface area (Å²) in [4.78, 5) is 44.7. The molecule has 3 amide bonds. The van der Waals surface area contributed by atoms with Gasteiger partial charge in [0.2, 0.25) is 0 Å². The van der Waals surface area contributed by atoms with Crippen molar-refractivity contribution < 1.29 is 18.8 Å². The summed E-state index contributed by atoms with van der Waals surface area (Å²) < 4.78 is 13.1. The molecular formula is C20H17ClFN5O3. The molecule has 0 aliphatic rings. The van der Waals surface area contributed by atoms with Crippen molar-refractivity contribution in [2.24, 2.45) is 0 Å². The van der Waals surface area contributed by atoms with Crippen molar-refractivity contribution >= 4 is 40.7 Å². The Morgan fingerprint density at radius 3 is 2.17 bits per heavy atom. The number of hydrogen-bond acceptors (Lipinski definition) is 4. The molecule has 0 unspecified atom stereocenters. The molecule has 0 atom stereocenters. The molecule has 154 valence electrons. The number of carbonyl (C=O) groups excluding carboxylic acids is 3. The van der Waals surface area contributed by atoms with Gasteiger partial charge in [-0.25, -0.2) is 9.37 Å². The number of benzene rings is 2. The molecule has 0 fully saturated rings. The van der Waals surface area contributed by atoms with E-state index in [2.05, 4.69) is 20.6 Å². The second-order valence-electron chi connectivity index (χ2n) is 6.44. The Morgan fingerprint density at radius 2 is 1.60 bits per heavy atom. The highest BCUT2D eigenvalue weighted by atomic mass is 35.5. The number of imidazole rings is 1. The molecule has 0 saturated heterocycles. The number of anilines is 2. The second-order valence-corrected chi connectivity index (χ2v) is 6.84. The number of nitrogens with one attached hydrogen (secondary N) is 3. The minimum absolute atomic E-state index is 0.00142. The fourth-order valence-corrected chi connectivity index (χ4v) is 2.81.